The second-order valence-corrected chi connectivity index (χ2v) is 4.91. The molecule has 0 bridgehead atoms. The molecule has 0 aromatic heterocycles. The van der Waals surface area contributed by atoms with Gasteiger partial charge >= 0.3 is 0 Å². The zero-order valence-electron chi connectivity index (χ0n) is 11.2. The summed E-state index contributed by atoms with van der Waals surface area (Å²) >= 11 is 0. The van der Waals surface area contributed by atoms with E-state index in [-0.39, 0.29) is 5.82 Å². The molecule has 2 rings (SSSR count). The first-order valence-corrected chi connectivity index (χ1v) is 6.25. The van der Waals surface area contributed by atoms with Crippen LogP contribution < -0.4 is 0 Å². The van der Waals surface area contributed by atoms with E-state index in [4.69, 9.17) is 9.47 Å². The Labute approximate surface area is 112 Å². The zero-order valence-corrected chi connectivity index (χ0v) is 11.2. The maximum Gasteiger partial charge on any atom is 0.210 e. The van der Waals surface area contributed by atoms with Crippen molar-refractivity contribution in [1.29, 1.82) is 0 Å². The summed E-state index contributed by atoms with van der Waals surface area (Å²) in [5.74, 6) is -1.01. The Hall–Kier alpha value is -1.46. The summed E-state index contributed by atoms with van der Waals surface area (Å²) in [5, 5.41) is 0. The number of nitrogens with zero attached hydrogens (tertiary/aromatic N) is 1. The Morgan fingerprint density at radius 1 is 1.42 bits per heavy atom. The molecule has 0 radical (unpaired) electrons. The molecule has 5 heteroatoms. The van der Waals surface area contributed by atoms with Crippen LogP contribution in [0.25, 0.3) is 0 Å². The van der Waals surface area contributed by atoms with Gasteiger partial charge in [-0.1, -0.05) is 6.07 Å². The van der Waals surface area contributed by atoms with Crippen LogP contribution in [0.5, 0.6) is 0 Å². The van der Waals surface area contributed by atoms with Crippen molar-refractivity contribution >= 4 is 6.41 Å². The Bertz CT molecular complexity index is 458. The fourth-order valence-corrected chi connectivity index (χ4v) is 2.20. The lowest BCUT2D eigenvalue weighted by atomic mass is 10.1. The number of rotatable bonds is 5. The molecule has 0 N–H and O–H groups in total. The molecule has 1 fully saturated rings. The van der Waals surface area contributed by atoms with Gasteiger partial charge in [0, 0.05) is 6.54 Å². The molecule has 0 saturated carbocycles. The van der Waals surface area contributed by atoms with Crippen LogP contribution in [0, 0.1) is 12.7 Å². The summed E-state index contributed by atoms with van der Waals surface area (Å²) in [6, 6.07) is 4.55. The molecule has 1 saturated heterocycles. The van der Waals surface area contributed by atoms with Crippen LogP contribution in [0.15, 0.2) is 18.2 Å². The second-order valence-electron chi connectivity index (χ2n) is 4.91. The second kappa shape index (κ2) is 5.67. The van der Waals surface area contributed by atoms with Gasteiger partial charge in [-0.05, 0) is 37.1 Å². The topological polar surface area (TPSA) is 38.8 Å². The molecule has 0 atom stereocenters. The summed E-state index contributed by atoms with van der Waals surface area (Å²) in [5.41, 5.74) is 1.74. The third kappa shape index (κ3) is 3.52. The first-order valence-electron chi connectivity index (χ1n) is 6.25. The smallest absolute Gasteiger partial charge is 0.210 e. The molecule has 4 nitrogen and oxygen atoms in total. The van der Waals surface area contributed by atoms with Crippen LogP contribution in [-0.4, -0.2) is 36.9 Å². The van der Waals surface area contributed by atoms with E-state index in [2.05, 4.69) is 0 Å². The lowest BCUT2D eigenvalue weighted by Crippen LogP contribution is -2.41. The van der Waals surface area contributed by atoms with E-state index >= 15 is 0 Å². The van der Waals surface area contributed by atoms with Crippen molar-refractivity contribution < 1.29 is 18.7 Å². The van der Waals surface area contributed by atoms with Crippen molar-refractivity contribution in [2.24, 2.45) is 0 Å². The summed E-state index contributed by atoms with van der Waals surface area (Å²) in [7, 11) is 0. The van der Waals surface area contributed by atoms with Gasteiger partial charge in [0.15, 0.2) is 5.79 Å². The van der Waals surface area contributed by atoms with Crippen molar-refractivity contribution in [3.63, 3.8) is 0 Å². The van der Waals surface area contributed by atoms with E-state index in [1.165, 1.54) is 12.1 Å². The van der Waals surface area contributed by atoms with Gasteiger partial charge in [-0.15, -0.1) is 0 Å². The number of ether oxygens (including phenoxy) is 2. The minimum atomic E-state index is -0.741. The Kier molecular flexibility index (Phi) is 4.17. The molecular weight excluding hydrogens is 249 g/mol. The minimum Gasteiger partial charge on any atom is -0.346 e. The quantitative estimate of drug-likeness (QED) is 0.764. The van der Waals surface area contributed by atoms with Crippen molar-refractivity contribution in [3.8, 4) is 0 Å². The molecule has 19 heavy (non-hydrogen) atoms. The zero-order chi connectivity index (χ0) is 13.9. The number of carbonyl (C=O) groups is 1. The van der Waals surface area contributed by atoms with E-state index < -0.39 is 5.79 Å². The predicted octanol–water partition coefficient (Wildman–Crippen LogP) is 1.86. The average molecular weight is 267 g/mol. The third-order valence-corrected chi connectivity index (χ3v) is 3.22. The maximum atomic E-state index is 13.0. The van der Waals surface area contributed by atoms with Crippen LogP contribution in [-0.2, 0) is 20.8 Å². The van der Waals surface area contributed by atoms with Gasteiger partial charge in [0.25, 0.3) is 0 Å². The fourth-order valence-electron chi connectivity index (χ4n) is 2.20. The molecule has 1 aliphatic rings. The lowest BCUT2D eigenvalue weighted by Gasteiger charge is -2.28. The highest BCUT2D eigenvalue weighted by atomic mass is 19.1. The van der Waals surface area contributed by atoms with Gasteiger partial charge in [-0.3, -0.25) is 4.79 Å². The van der Waals surface area contributed by atoms with E-state index in [0.29, 0.717) is 26.3 Å². The molecule has 0 unspecified atom stereocenters. The van der Waals surface area contributed by atoms with E-state index in [1.54, 1.807) is 11.0 Å². The Morgan fingerprint density at radius 3 is 2.68 bits per heavy atom. The monoisotopic (exact) mass is 267 g/mol. The van der Waals surface area contributed by atoms with Gasteiger partial charge in [0.05, 0.1) is 19.8 Å². The number of halogens is 1. The van der Waals surface area contributed by atoms with Crippen molar-refractivity contribution in [2.45, 2.75) is 26.2 Å². The van der Waals surface area contributed by atoms with Crippen LogP contribution >= 0.6 is 0 Å². The predicted molar refractivity (Wildman–Crippen MR) is 67.9 cm³/mol. The minimum absolute atomic E-state index is 0.270. The molecule has 1 aliphatic heterocycles. The first kappa shape index (κ1) is 14.0. The van der Waals surface area contributed by atoms with Gasteiger partial charge in [-0.25, -0.2) is 4.39 Å². The van der Waals surface area contributed by atoms with Crippen LogP contribution in [0.3, 0.4) is 0 Å². The van der Waals surface area contributed by atoms with Crippen molar-refractivity contribution in [3.05, 3.63) is 35.1 Å². The third-order valence-electron chi connectivity index (χ3n) is 3.22. The number of aryl methyl sites for hydroxylation is 1. The van der Waals surface area contributed by atoms with Crippen molar-refractivity contribution in [2.75, 3.05) is 19.8 Å². The van der Waals surface area contributed by atoms with Gasteiger partial charge in [0.2, 0.25) is 6.41 Å². The van der Waals surface area contributed by atoms with Crippen LogP contribution in [0.4, 0.5) is 4.39 Å². The largest absolute Gasteiger partial charge is 0.346 e. The van der Waals surface area contributed by atoms with Gasteiger partial charge in [0.1, 0.15) is 5.82 Å². The maximum absolute atomic E-state index is 13.0. The standard InChI is InChI=1S/C14H18FNO3/c1-11-7-13(15)4-3-12(11)8-16(10-17)9-14(2)18-5-6-19-14/h3-4,7,10H,5-6,8-9H2,1-2H3. The Balaban J connectivity index is 2.04. The van der Waals surface area contributed by atoms with Crippen LogP contribution in [0.1, 0.15) is 18.1 Å². The molecular formula is C14H18FNO3. The van der Waals surface area contributed by atoms with E-state index in [9.17, 15) is 9.18 Å². The summed E-state index contributed by atoms with van der Waals surface area (Å²) < 4.78 is 24.0. The molecule has 1 amide bonds. The molecule has 1 heterocycles. The molecule has 104 valence electrons. The molecule has 1 aromatic carbocycles. The molecule has 0 spiro atoms. The number of amides is 1. The van der Waals surface area contributed by atoms with Gasteiger partial charge < -0.3 is 14.4 Å². The van der Waals surface area contributed by atoms with E-state index in [1.807, 2.05) is 13.8 Å². The fraction of sp³-hybridized carbons (Fsp3) is 0.500. The van der Waals surface area contributed by atoms with Crippen LogP contribution in [0.2, 0.25) is 0 Å². The van der Waals surface area contributed by atoms with Crippen molar-refractivity contribution in [1.82, 2.24) is 4.90 Å². The number of benzene rings is 1. The Morgan fingerprint density at radius 2 is 2.11 bits per heavy atom. The summed E-state index contributed by atoms with van der Waals surface area (Å²) in [4.78, 5) is 12.7. The van der Waals surface area contributed by atoms with Gasteiger partial charge in [-0.2, -0.15) is 0 Å². The normalized spacial score (nSPS) is 17.4. The number of hydrogen-bond donors (Lipinski definition) is 0. The number of carbonyl (C=O) groups excluding carboxylic acids is 1. The first-order chi connectivity index (χ1) is 9.02. The average Bonchev–Trinajstić information content (AvgIpc) is 2.78. The lowest BCUT2D eigenvalue weighted by molar-refractivity contribution is -0.161. The highest BCUT2D eigenvalue weighted by molar-refractivity contribution is 5.48. The highest BCUT2D eigenvalue weighted by Crippen LogP contribution is 2.21. The highest BCUT2D eigenvalue weighted by Gasteiger charge is 2.33. The summed E-state index contributed by atoms with van der Waals surface area (Å²) in [6.07, 6.45) is 0.763. The van der Waals surface area contributed by atoms with E-state index in [0.717, 1.165) is 17.5 Å². The molecule has 1 aromatic rings. The summed E-state index contributed by atoms with van der Waals surface area (Å²) in [6.45, 7) is 5.49. The SMILES string of the molecule is Cc1cc(F)ccc1CN(C=O)CC1(C)OCCO1. The molecule has 0 aliphatic carbocycles. The number of hydrogen-bond acceptors (Lipinski definition) is 3.